The zero-order valence-electron chi connectivity index (χ0n) is 7.91. The summed E-state index contributed by atoms with van der Waals surface area (Å²) in [5.74, 6) is -0.156. The van der Waals surface area contributed by atoms with Crippen LogP contribution in [0.5, 0.6) is 0 Å². The van der Waals surface area contributed by atoms with E-state index in [0.29, 0.717) is 6.54 Å². The van der Waals surface area contributed by atoms with Crippen LogP contribution in [0.2, 0.25) is 0 Å². The van der Waals surface area contributed by atoms with Crippen LogP contribution in [0.4, 0.5) is 0 Å². The maximum Gasteiger partial charge on any atom is 0.162 e. The first kappa shape index (κ1) is 11.2. The summed E-state index contributed by atoms with van der Waals surface area (Å²) in [4.78, 5) is 23.0. The second-order valence-electron chi connectivity index (χ2n) is 2.72. The molecule has 1 atom stereocenters. The van der Waals surface area contributed by atoms with Crippen molar-refractivity contribution in [3.63, 3.8) is 0 Å². The molecular formula is C8H16N2O2. The van der Waals surface area contributed by atoms with Crippen LogP contribution in [0.3, 0.4) is 0 Å². The first-order valence-corrected chi connectivity index (χ1v) is 4.20. The number of nitrogens with zero attached hydrogens (tertiary/aromatic N) is 2. The predicted octanol–water partition coefficient (Wildman–Crippen LogP) is 1.05. The number of carbonyl (C=O) groups excluding carboxylic acids is 1. The fourth-order valence-corrected chi connectivity index (χ4v) is 0.962. The largest absolute Gasteiger partial charge is 0.301 e. The normalized spacial score (nSPS) is 13.0. The van der Waals surface area contributed by atoms with Gasteiger partial charge in [-0.3, -0.25) is 4.79 Å². The third-order valence-corrected chi connectivity index (χ3v) is 1.92. The second-order valence-corrected chi connectivity index (χ2v) is 2.72. The van der Waals surface area contributed by atoms with E-state index in [2.05, 4.69) is 5.18 Å². The maximum atomic E-state index is 10.8. The highest BCUT2D eigenvalue weighted by molar-refractivity contribution is 5.81. The molecular weight excluding hydrogens is 156 g/mol. The summed E-state index contributed by atoms with van der Waals surface area (Å²) < 4.78 is 0. The van der Waals surface area contributed by atoms with Crippen molar-refractivity contribution in [1.82, 2.24) is 4.90 Å². The third-order valence-electron chi connectivity index (χ3n) is 1.92. The lowest BCUT2D eigenvalue weighted by molar-refractivity contribution is -0.118. The minimum Gasteiger partial charge on any atom is -0.301 e. The molecule has 0 bridgehead atoms. The topological polar surface area (TPSA) is 49.7 Å². The van der Waals surface area contributed by atoms with E-state index in [4.69, 9.17) is 0 Å². The molecule has 0 aromatic carbocycles. The van der Waals surface area contributed by atoms with Crippen LogP contribution < -0.4 is 0 Å². The molecule has 0 aliphatic carbocycles. The van der Waals surface area contributed by atoms with Crippen molar-refractivity contribution in [3.05, 3.63) is 4.91 Å². The molecule has 0 fully saturated rings. The smallest absolute Gasteiger partial charge is 0.162 e. The molecule has 0 amide bonds. The van der Waals surface area contributed by atoms with Crippen LogP contribution in [0.25, 0.3) is 0 Å². The fourth-order valence-electron chi connectivity index (χ4n) is 0.962. The quantitative estimate of drug-likeness (QED) is 0.563. The average Bonchev–Trinajstić information content (AvgIpc) is 2.06. The summed E-state index contributed by atoms with van der Waals surface area (Å²) in [7, 11) is 0. The van der Waals surface area contributed by atoms with E-state index in [0.717, 1.165) is 13.1 Å². The van der Waals surface area contributed by atoms with Gasteiger partial charge in [0.05, 0.1) is 0 Å². The SMILES string of the molecule is CCN(CC)CC(N=O)C(C)=O. The number of likely N-dealkylation sites (N-methyl/N-ethyl adjacent to an activating group) is 1. The van der Waals surface area contributed by atoms with E-state index >= 15 is 0 Å². The van der Waals surface area contributed by atoms with E-state index in [-0.39, 0.29) is 5.78 Å². The van der Waals surface area contributed by atoms with Gasteiger partial charge in [0.25, 0.3) is 0 Å². The Kier molecular flexibility index (Phi) is 5.45. The summed E-state index contributed by atoms with van der Waals surface area (Å²) in [6.45, 7) is 7.52. The monoisotopic (exact) mass is 172 g/mol. The highest BCUT2D eigenvalue weighted by Gasteiger charge is 2.16. The van der Waals surface area contributed by atoms with Crippen LogP contribution in [0.15, 0.2) is 5.18 Å². The third kappa shape index (κ3) is 3.57. The number of nitroso groups, excluding NO2 is 1. The first-order chi connectivity index (χ1) is 5.65. The molecule has 1 unspecified atom stereocenters. The number of Topliss-reactive ketones (excluding diaryl/α,β-unsaturated/α-hetero) is 1. The molecule has 4 heteroatoms. The molecule has 0 aromatic rings. The van der Waals surface area contributed by atoms with Crippen molar-refractivity contribution < 1.29 is 4.79 Å². The van der Waals surface area contributed by atoms with Crippen LogP contribution in [-0.2, 0) is 4.79 Å². The molecule has 0 aliphatic heterocycles. The minimum atomic E-state index is -0.690. The Morgan fingerprint density at radius 3 is 2.17 bits per heavy atom. The lowest BCUT2D eigenvalue weighted by atomic mass is 10.2. The molecule has 70 valence electrons. The Morgan fingerprint density at radius 1 is 1.42 bits per heavy atom. The van der Waals surface area contributed by atoms with Gasteiger partial charge in [-0.25, -0.2) is 0 Å². The number of hydrogen-bond donors (Lipinski definition) is 0. The molecule has 0 radical (unpaired) electrons. The Morgan fingerprint density at radius 2 is 1.92 bits per heavy atom. The molecule has 0 rings (SSSR count). The summed E-state index contributed by atoms with van der Waals surface area (Å²) in [5, 5.41) is 2.78. The van der Waals surface area contributed by atoms with E-state index in [9.17, 15) is 9.70 Å². The van der Waals surface area contributed by atoms with Crippen LogP contribution in [0, 0.1) is 4.91 Å². The summed E-state index contributed by atoms with van der Waals surface area (Å²) in [5.41, 5.74) is 0. The lowest BCUT2D eigenvalue weighted by Gasteiger charge is -2.19. The molecule has 4 nitrogen and oxygen atoms in total. The van der Waals surface area contributed by atoms with E-state index in [1.54, 1.807) is 0 Å². The highest BCUT2D eigenvalue weighted by atomic mass is 16.3. The minimum absolute atomic E-state index is 0.156. The zero-order valence-corrected chi connectivity index (χ0v) is 7.91. The Bertz CT molecular complexity index is 155. The lowest BCUT2D eigenvalue weighted by Crippen LogP contribution is -2.34. The zero-order chi connectivity index (χ0) is 9.56. The van der Waals surface area contributed by atoms with Crippen LogP contribution >= 0.6 is 0 Å². The van der Waals surface area contributed by atoms with Gasteiger partial charge in [-0.1, -0.05) is 19.0 Å². The Hall–Kier alpha value is -0.770. The molecule has 12 heavy (non-hydrogen) atoms. The van der Waals surface area contributed by atoms with Gasteiger partial charge in [0.15, 0.2) is 11.8 Å². The predicted molar refractivity (Wildman–Crippen MR) is 48.1 cm³/mol. The Labute approximate surface area is 72.9 Å². The van der Waals surface area contributed by atoms with Gasteiger partial charge in [0, 0.05) is 6.54 Å². The second kappa shape index (κ2) is 5.83. The van der Waals surface area contributed by atoms with Crippen molar-refractivity contribution in [2.75, 3.05) is 19.6 Å². The van der Waals surface area contributed by atoms with Gasteiger partial charge in [-0.15, -0.1) is 4.91 Å². The summed E-state index contributed by atoms with van der Waals surface area (Å²) in [6, 6.07) is -0.690. The summed E-state index contributed by atoms with van der Waals surface area (Å²) >= 11 is 0. The standard InChI is InChI=1S/C8H16N2O2/c1-4-10(5-2)6-8(9-12)7(3)11/h8H,4-6H2,1-3H3. The number of hydrogen-bond acceptors (Lipinski definition) is 4. The van der Waals surface area contributed by atoms with Crippen molar-refractivity contribution in [1.29, 1.82) is 0 Å². The average molecular weight is 172 g/mol. The molecule has 0 saturated heterocycles. The molecule has 0 heterocycles. The molecule has 0 aromatic heterocycles. The fraction of sp³-hybridized carbons (Fsp3) is 0.875. The highest BCUT2D eigenvalue weighted by Crippen LogP contribution is 1.97. The number of ketones is 1. The van der Waals surface area contributed by atoms with E-state index < -0.39 is 6.04 Å². The van der Waals surface area contributed by atoms with Crippen molar-refractivity contribution in [3.8, 4) is 0 Å². The molecule has 0 aliphatic rings. The van der Waals surface area contributed by atoms with Crippen molar-refractivity contribution in [2.24, 2.45) is 5.18 Å². The maximum absolute atomic E-state index is 10.8. The van der Waals surface area contributed by atoms with Gasteiger partial charge < -0.3 is 4.90 Å². The molecule has 0 spiro atoms. The van der Waals surface area contributed by atoms with Gasteiger partial charge in [0.1, 0.15) is 0 Å². The van der Waals surface area contributed by atoms with E-state index in [1.165, 1.54) is 6.92 Å². The van der Waals surface area contributed by atoms with Gasteiger partial charge >= 0.3 is 0 Å². The van der Waals surface area contributed by atoms with Gasteiger partial charge in [-0.2, -0.15) is 0 Å². The van der Waals surface area contributed by atoms with Crippen molar-refractivity contribution in [2.45, 2.75) is 26.8 Å². The first-order valence-electron chi connectivity index (χ1n) is 4.20. The Balaban J connectivity index is 3.99. The van der Waals surface area contributed by atoms with Gasteiger partial charge in [0.2, 0.25) is 0 Å². The molecule has 0 N–H and O–H groups in total. The molecule has 0 saturated carbocycles. The van der Waals surface area contributed by atoms with Crippen molar-refractivity contribution >= 4 is 5.78 Å². The number of carbonyl (C=O) groups is 1. The van der Waals surface area contributed by atoms with Crippen LogP contribution in [-0.4, -0.2) is 36.4 Å². The summed E-state index contributed by atoms with van der Waals surface area (Å²) in [6.07, 6.45) is 0. The van der Waals surface area contributed by atoms with Gasteiger partial charge in [-0.05, 0) is 20.0 Å². The van der Waals surface area contributed by atoms with Crippen LogP contribution in [0.1, 0.15) is 20.8 Å². The number of rotatable bonds is 6. The van der Waals surface area contributed by atoms with E-state index in [1.807, 2.05) is 18.7 Å².